The fourth-order valence-electron chi connectivity index (χ4n) is 3.04. The molecule has 0 aliphatic carbocycles. The molecule has 1 aliphatic heterocycles. The number of hydrogen-bond acceptors (Lipinski definition) is 3. The summed E-state index contributed by atoms with van der Waals surface area (Å²) in [4.78, 5) is 35.5. The van der Waals surface area contributed by atoms with Gasteiger partial charge in [0.05, 0.1) is 6.54 Å². The second kappa shape index (κ2) is 5.36. The number of rotatable bonds is 2. The van der Waals surface area contributed by atoms with Crippen molar-refractivity contribution in [3.8, 4) is 0 Å². The summed E-state index contributed by atoms with van der Waals surface area (Å²) >= 11 is 0. The number of amides is 1. The van der Waals surface area contributed by atoms with Crippen LogP contribution in [0.2, 0.25) is 0 Å². The molecule has 0 radical (unpaired) electrons. The summed E-state index contributed by atoms with van der Waals surface area (Å²) in [5.74, 6) is -2.39. The Morgan fingerprint density at radius 3 is 2.24 bits per heavy atom. The second-order valence-corrected chi connectivity index (χ2v) is 6.65. The van der Waals surface area contributed by atoms with Gasteiger partial charge in [0.15, 0.2) is 5.78 Å². The van der Waals surface area contributed by atoms with E-state index in [1.165, 1.54) is 6.92 Å². The number of nitrogens with zero attached hydrogens (tertiary/aromatic N) is 1. The van der Waals surface area contributed by atoms with Gasteiger partial charge < -0.3 is 10.2 Å². The molecule has 7 heteroatoms. The van der Waals surface area contributed by atoms with Gasteiger partial charge in [-0.3, -0.25) is 9.59 Å². The summed E-state index contributed by atoms with van der Waals surface area (Å²) in [6.07, 6.45) is -3.57. The van der Waals surface area contributed by atoms with Gasteiger partial charge in [-0.1, -0.05) is 6.92 Å². The van der Waals surface area contributed by atoms with Crippen molar-refractivity contribution in [2.24, 2.45) is 5.41 Å². The maximum atomic E-state index is 14.4. The second-order valence-electron chi connectivity index (χ2n) is 6.65. The van der Waals surface area contributed by atoms with Crippen LogP contribution in [0.4, 0.5) is 9.18 Å². The van der Waals surface area contributed by atoms with Crippen LogP contribution in [0, 0.1) is 5.41 Å². The van der Waals surface area contributed by atoms with Gasteiger partial charge in [-0.05, 0) is 27.2 Å². The van der Waals surface area contributed by atoms with Gasteiger partial charge in [-0.15, -0.1) is 0 Å². The predicted molar refractivity (Wildman–Crippen MR) is 72.7 cm³/mol. The van der Waals surface area contributed by atoms with Crippen molar-refractivity contribution in [3.63, 3.8) is 0 Å². The lowest BCUT2D eigenvalue weighted by Gasteiger charge is -2.43. The molecule has 120 valence electrons. The summed E-state index contributed by atoms with van der Waals surface area (Å²) in [5.41, 5.74) is -2.68. The van der Waals surface area contributed by atoms with Gasteiger partial charge in [-0.25, -0.2) is 8.87 Å². The first-order chi connectivity index (χ1) is 9.44. The summed E-state index contributed by atoms with van der Waals surface area (Å²) in [5, 5.41) is 19.0. The highest BCUT2D eigenvalue weighted by Crippen LogP contribution is 2.39. The number of ketones is 1. The molecule has 0 spiro atoms. The van der Waals surface area contributed by atoms with E-state index in [-0.39, 0.29) is 19.4 Å². The Kier molecular flexibility index (Phi) is 4.48. The van der Waals surface area contributed by atoms with Crippen LogP contribution in [0.25, 0.3) is 0 Å². The number of Topliss-reactive ketones (excluding diaryl/α,β-unsaturated/α-hetero) is 1. The molecule has 21 heavy (non-hydrogen) atoms. The van der Waals surface area contributed by atoms with E-state index in [0.29, 0.717) is 0 Å². The van der Waals surface area contributed by atoms with Crippen molar-refractivity contribution in [1.29, 1.82) is 0 Å². The van der Waals surface area contributed by atoms with Gasteiger partial charge in [0.1, 0.15) is 17.5 Å². The first-order valence-corrected chi connectivity index (χ1v) is 6.97. The smallest absolute Gasteiger partial charge is 0.480 e. The molecule has 1 fully saturated rings. The number of alkyl halides is 1. The molecule has 0 bridgehead atoms. The summed E-state index contributed by atoms with van der Waals surface area (Å²) in [6.45, 7) is 5.84. The molecule has 1 heterocycles. The van der Waals surface area contributed by atoms with Gasteiger partial charge in [0, 0.05) is 6.42 Å². The number of carboxylic acids is 1. The van der Waals surface area contributed by atoms with E-state index in [0.717, 1.165) is 0 Å². The first-order valence-electron chi connectivity index (χ1n) is 6.97. The lowest BCUT2D eigenvalue weighted by molar-refractivity contribution is -0.904. The molecule has 3 atom stereocenters. The molecule has 1 rings (SSSR count). The van der Waals surface area contributed by atoms with Crippen LogP contribution in [0.1, 0.15) is 40.5 Å². The fraction of sp³-hybridized carbons (Fsp3) is 0.786. The average molecular weight is 304 g/mol. The summed E-state index contributed by atoms with van der Waals surface area (Å²) in [6, 6.07) is 0. The fourth-order valence-corrected chi connectivity index (χ4v) is 3.04. The van der Waals surface area contributed by atoms with Crippen molar-refractivity contribution < 1.29 is 33.5 Å². The number of carbonyl (C=O) groups excluding carboxylic acids is 1. The standard InChI is InChI=1S/C14H22FNO5/c1-5-14(11(18)19)6-7-16(12(20)21,13(2,3)4)8-9(15)10(14)17/h9H,5-8H2,1-4H3,(H-,18,19,20,21)/p+1. The number of quaternary nitrogens is 1. The van der Waals surface area contributed by atoms with E-state index in [1.807, 2.05) is 0 Å². The number of carbonyl (C=O) groups is 3. The zero-order valence-electron chi connectivity index (χ0n) is 12.9. The molecule has 1 amide bonds. The lowest BCUT2D eigenvalue weighted by Crippen LogP contribution is -2.65. The Morgan fingerprint density at radius 2 is 1.90 bits per heavy atom. The van der Waals surface area contributed by atoms with Gasteiger partial charge in [-0.2, -0.15) is 4.79 Å². The molecule has 3 unspecified atom stereocenters. The highest BCUT2D eigenvalue weighted by molar-refractivity contribution is 6.05. The number of likely N-dealkylation sites (tertiary alicyclic amines) is 1. The van der Waals surface area contributed by atoms with E-state index < -0.39 is 46.0 Å². The molecular weight excluding hydrogens is 281 g/mol. The average Bonchev–Trinajstić information content (AvgIpc) is 2.46. The van der Waals surface area contributed by atoms with Crippen molar-refractivity contribution in [2.75, 3.05) is 13.1 Å². The Labute approximate surface area is 123 Å². The SMILES string of the molecule is CCC1(C(=O)O)CC[N+](C(=O)O)(C(C)(C)C)CC(F)C1=O. The van der Waals surface area contributed by atoms with Crippen molar-refractivity contribution in [1.82, 2.24) is 0 Å². The van der Waals surface area contributed by atoms with Crippen molar-refractivity contribution in [3.05, 3.63) is 0 Å². The maximum Gasteiger partial charge on any atom is 0.514 e. The van der Waals surface area contributed by atoms with Crippen LogP contribution in [-0.2, 0) is 9.59 Å². The molecule has 0 saturated carbocycles. The number of carboxylic acid groups (broad SMARTS) is 2. The van der Waals surface area contributed by atoms with E-state index >= 15 is 0 Å². The predicted octanol–water partition coefficient (Wildman–Crippen LogP) is 2.07. The summed E-state index contributed by atoms with van der Waals surface area (Å²) < 4.78 is 13.7. The van der Waals surface area contributed by atoms with Gasteiger partial charge in [0.2, 0.25) is 6.17 Å². The molecule has 0 aromatic carbocycles. The minimum absolute atomic E-state index is 0.0502. The molecule has 1 saturated heterocycles. The van der Waals surface area contributed by atoms with Gasteiger partial charge >= 0.3 is 12.1 Å². The number of halogens is 1. The maximum absolute atomic E-state index is 14.4. The lowest BCUT2D eigenvalue weighted by atomic mass is 9.77. The highest BCUT2D eigenvalue weighted by atomic mass is 19.1. The Bertz CT molecular complexity index is 472. The third kappa shape index (κ3) is 2.54. The zero-order valence-corrected chi connectivity index (χ0v) is 12.9. The molecule has 1 aliphatic rings. The van der Waals surface area contributed by atoms with Crippen molar-refractivity contribution >= 4 is 17.8 Å². The quantitative estimate of drug-likeness (QED) is 0.602. The van der Waals surface area contributed by atoms with Crippen LogP contribution in [0.5, 0.6) is 0 Å². The minimum atomic E-state index is -2.10. The van der Waals surface area contributed by atoms with E-state index in [9.17, 15) is 29.0 Å². The van der Waals surface area contributed by atoms with Crippen LogP contribution in [0.3, 0.4) is 0 Å². The Balaban J connectivity index is 3.41. The summed E-state index contributed by atoms with van der Waals surface area (Å²) in [7, 11) is 0. The molecule has 0 aromatic rings. The Morgan fingerprint density at radius 1 is 1.38 bits per heavy atom. The van der Waals surface area contributed by atoms with E-state index in [2.05, 4.69) is 0 Å². The topological polar surface area (TPSA) is 91.7 Å². The van der Waals surface area contributed by atoms with Crippen LogP contribution < -0.4 is 0 Å². The third-order valence-electron chi connectivity index (χ3n) is 4.81. The van der Waals surface area contributed by atoms with Gasteiger partial charge in [0.25, 0.3) is 0 Å². The van der Waals surface area contributed by atoms with E-state index in [1.54, 1.807) is 20.8 Å². The minimum Gasteiger partial charge on any atom is -0.480 e. The van der Waals surface area contributed by atoms with Crippen LogP contribution in [-0.4, -0.2) is 57.3 Å². The largest absolute Gasteiger partial charge is 0.514 e. The molecule has 2 N–H and O–H groups in total. The number of aliphatic carboxylic acids is 1. The van der Waals surface area contributed by atoms with Crippen LogP contribution in [0.15, 0.2) is 0 Å². The normalized spacial score (nSPS) is 34.3. The van der Waals surface area contributed by atoms with Crippen molar-refractivity contribution in [2.45, 2.75) is 52.2 Å². The third-order valence-corrected chi connectivity index (χ3v) is 4.81. The monoisotopic (exact) mass is 304 g/mol. The molecule has 6 nitrogen and oxygen atoms in total. The highest BCUT2D eigenvalue weighted by Gasteiger charge is 2.59. The number of hydrogen-bond donors (Lipinski definition) is 2. The van der Waals surface area contributed by atoms with E-state index in [4.69, 9.17) is 0 Å². The Hall–Kier alpha value is -1.50. The van der Waals surface area contributed by atoms with Crippen LogP contribution >= 0.6 is 0 Å². The molecular formula is C14H23FNO5+. The zero-order chi connectivity index (χ0) is 16.6. The molecule has 0 aromatic heterocycles. The first kappa shape index (κ1) is 17.6.